The second kappa shape index (κ2) is 4.13. The lowest BCUT2D eigenvalue weighted by atomic mass is 10.3. The third-order valence-corrected chi connectivity index (χ3v) is 3.57. The molecule has 4 heteroatoms. The van der Waals surface area contributed by atoms with Crippen molar-refractivity contribution in [1.82, 2.24) is 0 Å². The monoisotopic (exact) mass is 180 g/mol. The maximum absolute atomic E-state index is 10.6. The van der Waals surface area contributed by atoms with Gasteiger partial charge in [-0.1, -0.05) is 31.6 Å². The van der Waals surface area contributed by atoms with Gasteiger partial charge in [-0.25, -0.2) is 4.79 Å². The summed E-state index contributed by atoms with van der Waals surface area (Å²) in [6.45, 7) is 6.15. The minimum atomic E-state index is -0.236. The lowest BCUT2D eigenvalue weighted by molar-refractivity contribution is 0.200. The number of carbonyl (C=O) groups is 1. The number of hydrogen-bond acceptors (Lipinski definition) is 4. The molecule has 0 radical (unpaired) electrons. The van der Waals surface area contributed by atoms with E-state index in [4.69, 9.17) is 0 Å². The van der Waals surface area contributed by atoms with Crippen LogP contribution in [-0.2, 0) is 4.74 Å². The van der Waals surface area contributed by atoms with Crippen LogP contribution in [0.25, 0.3) is 0 Å². The first-order chi connectivity index (χ1) is 4.45. The van der Waals surface area contributed by atoms with Crippen LogP contribution in [0, 0.1) is 0 Å². The number of rotatable bonds is 1. The van der Waals surface area contributed by atoms with E-state index in [9.17, 15) is 4.79 Å². The number of carbonyl (C=O) groups excluding carboxylic acids is 1. The van der Waals surface area contributed by atoms with E-state index in [1.165, 1.54) is 17.9 Å². The van der Waals surface area contributed by atoms with Gasteiger partial charge in [-0.2, -0.15) is 0 Å². The molecule has 0 saturated heterocycles. The summed E-state index contributed by atoms with van der Waals surface area (Å²) >= 11 is 0. The van der Waals surface area contributed by atoms with E-state index in [0.717, 1.165) is 10.8 Å². The highest BCUT2D eigenvalue weighted by Gasteiger charge is 2.14. The predicted octanol–water partition coefficient (Wildman–Crippen LogP) is 2.93. The summed E-state index contributed by atoms with van der Waals surface area (Å²) < 4.78 is 4.56. The Bertz CT molecular complexity index is 117. The number of hydrogen-bond donors (Lipinski definition) is 0. The summed E-state index contributed by atoms with van der Waals surface area (Å²) in [6, 6.07) is 0. The molecule has 0 aromatic carbocycles. The van der Waals surface area contributed by atoms with E-state index in [1.807, 2.05) is 20.8 Å². The van der Waals surface area contributed by atoms with Gasteiger partial charge in [-0.15, -0.1) is 0 Å². The Morgan fingerprint density at radius 1 is 1.40 bits per heavy atom. The first kappa shape index (κ1) is 10.2. The lowest BCUT2D eigenvalue weighted by Crippen LogP contribution is -2.05. The average Bonchev–Trinajstić information content (AvgIpc) is 1.81. The molecule has 0 aromatic rings. The molecular weight excluding hydrogens is 168 g/mol. The van der Waals surface area contributed by atoms with Crippen LogP contribution in [0.3, 0.4) is 0 Å². The summed E-state index contributed by atoms with van der Waals surface area (Å²) in [5.74, 6) is 0. The molecule has 0 heterocycles. The quantitative estimate of drug-likeness (QED) is 0.458. The fraction of sp³-hybridized carbons (Fsp3) is 0.833. The molecule has 0 bridgehead atoms. The van der Waals surface area contributed by atoms with Gasteiger partial charge in [0, 0.05) is 15.5 Å². The smallest absolute Gasteiger partial charge is 0.377 e. The van der Waals surface area contributed by atoms with Crippen molar-refractivity contribution in [3.63, 3.8) is 0 Å². The lowest BCUT2D eigenvalue weighted by Gasteiger charge is -2.14. The van der Waals surface area contributed by atoms with Crippen LogP contribution >= 0.6 is 21.6 Å². The first-order valence-electron chi connectivity index (χ1n) is 2.89. The zero-order valence-electron chi connectivity index (χ0n) is 6.63. The van der Waals surface area contributed by atoms with Crippen molar-refractivity contribution >= 4 is 26.9 Å². The second-order valence-corrected chi connectivity index (χ2v) is 5.62. The summed E-state index contributed by atoms with van der Waals surface area (Å²) in [4.78, 5) is 10.6. The standard InChI is InChI=1S/C6H12O2S2/c1-6(2,3)10-9-5(7)8-4/h1-4H3. The van der Waals surface area contributed by atoms with Gasteiger partial charge in [0.2, 0.25) is 0 Å². The van der Waals surface area contributed by atoms with Crippen molar-refractivity contribution in [3.8, 4) is 0 Å². The Morgan fingerprint density at radius 2 is 1.90 bits per heavy atom. The molecule has 0 amide bonds. The largest absolute Gasteiger partial charge is 0.460 e. The maximum Gasteiger partial charge on any atom is 0.377 e. The highest BCUT2D eigenvalue weighted by Crippen LogP contribution is 2.35. The molecule has 0 N–H and O–H groups in total. The van der Waals surface area contributed by atoms with Crippen molar-refractivity contribution in [2.24, 2.45) is 0 Å². The number of methoxy groups -OCH3 is 1. The zero-order valence-corrected chi connectivity index (χ0v) is 8.27. The van der Waals surface area contributed by atoms with Gasteiger partial charge in [-0.05, 0) is 0 Å². The van der Waals surface area contributed by atoms with Crippen molar-refractivity contribution in [3.05, 3.63) is 0 Å². The summed E-state index contributed by atoms with van der Waals surface area (Å²) in [5.41, 5.74) is 0. The summed E-state index contributed by atoms with van der Waals surface area (Å²) in [7, 11) is 4.03. The van der Waals surface area contributed by atoms with Gasteiger partial charge in [0.1, 0.15) is 0 Å². The Balaban J connectivity index is 3.46. The molecule has 0 fully saturated rings. The highest BCUT2D eigenvalue weighted by atomic mass is 33.1. The van der Waals surface area contributed by atoms with Gasteiger partial charge in [0.15, 0.2) is 0 Å². The van der Waals surface area contributed by atoms with E-state index in [0.29, 0.717) is 0 Å². The number of ether oxygens (including phenoxy) is 1. The van der Waals surface area contributed by atoms with E-state index in [2.05, 4.69) is 4.74 Å². The molecule has 0 aliphatic carbocycles. The Hall–Kier alpha value is 0.170. The van der Waals surface area contributed by atoms with E-state index in [-0.39, 0.29) is 10.0 Å². The van der Waals surface area contributed by atoms with Crippen LogP contribution in [0.1, 0.15) is 20.8 Å². The highest BCUT2D eigenvalue weighted by molar-refractivity contribution is 8.82. The molecular formula is C6H12O2S2. The third-order valence-electron chi connectivity index (χ3n) is 0.526. The van der Waals surface area contributed by atoms with Gasteiger partial charge >= 0.3 is 5.30 Å². The molecule has 2 nitrogen and oxygen atoms in total. The van der Waals surface area contributed by atoms with Crippen molar-refractivity contribution in [2.75, 3.05) is 7.11 Å². The summed E-state index contributed by atoms with van der Waals surface area (Å²) in [6.07, 6.45) is 0. The van der Waals surface area contributed by atoms with Gasteiger partial charge in [-0.3, -0.25) is 0 Å². The second-order valence-electron chi connectivity index (χ2n) is 2.73. The van der Waals surface area contributed by atoms with Crippen LogP contribution in [0.2, 0.25) is 0 Å². The molecule has 0 atom stereocenters. The molecule has 0 aromatic heterocycles. The normalized spacial score (nSPS) is 11.2. The molecule has 0 saturated carbocycles. The maximum atomic E-state index is 10.6. The van der Waals surface area contributed by atoms with Crippen LogP contribution in [0.15, 0.2) is 0 Å². The zero-order chi connectivity index (χ0) is 8.20. The van der Waals surface area contributed by atoms with E-state index in [1.54, 1.807) is 0 Å². The summed E-state index contributed by atoms with van der Waals surface area (Å²) in [5, 5.41) is -0.236. The van der Waals surface area contributed by atoms with Crippen molar-refractivity contribution in [1.29, 1.82) is 0 Å². The van der Waals surface area contributed by atoms with Crippen molar-refractivity contribution in [2.45, 2.75) is 25.5 Å². The van der Waals surface area contributed by atoms with Gasteiger partial charge < -0.3 is 4.74 Å². The minimum absolute atomic E-state index is 0.110. The molecule has 0 aliphatic rings. The van der Waals surface area contributed by atoms with Gasteiger partial charge in [0.05, 0.1) is 7.11 Å². The molecule has 0 spiro atoms. The molecule has 0 rings (SSSR count). The van der Waals surface area contributed by atoms with Crippen LogP contribution in [0.5, 0.6) is 0 Å². The molecule has 0 aliphatic heterocycles. The van der Waals surface area contributed by atoms with Crippen molar-refractivity contribution < 1.29 is 9.53 Å². The van der Waals surface area contributed by atoms with Crippen LogP contribution in [-0.4, -0.2) is 17.2 Å². The fourth-order valence-electron chi connectivity index (χ4n) is 0.193. The Kier molecular flexibility index (Phi) is 4.20. The first-order valence-corrected chi connectivity index (χ1v) is 5.04. The fourth-order valence-corrected chi connectivity index (χ4v) is 1.74. The Labute approximate surface area is 69.5 Å². The topological polar surface area (TPSA) is 26.3 Å². The van der Waals surface area contributed by atoms with Crippen LogP contribution < -0.4 is 0 Å². The van der Waals surface area contributed by atoms with Crippen LogP contribution in [0.4, 0.5) is 4.79 Å². The molecule has 0 unspecified atom stereocenters. The van der Waals surface area contributed by atoms with E-state index < -0.39 is 0 Å². The predicted molar refractivity (Wildman–Crippen MR) is 47.3 cm³/mol. The molecule has 60 valence electrons. The SMILES string of the molecule is COC(=O)SSC(C)(C)C. The Morgan fingerprint density at radius 3 is 2.20 bits per heavy atom. The van der Waals surface area contributed by atoms with E-state index >= 15 is 0 Å². The average molecular weight is 180 g/mol. The minimum Gasteiger partial charge on any atom is -0.460 e. The molecule has 10 heavy (non-hydrogen) atoms. The third kappa shape index (κ3) is 6.29. The van der Waals surface area contributed by atoms with Gasteiger partial charge in [0.25, 0.3) is 0 Å².